The number of non-ortho nitro benzene ring substituents is 1. The molecule has 6 nitrogen and oxygen atoms in total. The van der Waals surface area contributed by atoms with E-state index in [0.29, 0.717) is 23.9 Å². The molecular formula is C15H13NO5. The van der Waals surface area contributed by atoms with Gasteiger partial charge in [0.25, 0.3) is 5.69 Å². The second-order valence-corrected chi connectivity index (χ2v) is 4.57. The Hall–Kier alpha value is -2.60. The molecule has 0 aromatic heterocycles. The monoisotopic (exact) mass is 287 g/mol. The second-order valence-electron chi connectivity index (χ2n) is 4.57. The maximum absolute atomic E-state index is 10.6. The van der Waals surface area contributed by atoms with Gasteiger partial charge in [-0.1, -0.05) is 12.1 Å². The highest BCUT2D eigenvalue weighted by atomic mass is 16.6. The van der Waals surface area contributed by atoms with Crippen LogP contribution in [-0.4, -0.2) is 24.2 Å². The highest BCUT2D eigenvalue weighted by molar-refractivity contribution is 5.44. The first kappa shape index (κ1) is 13.4. The maximum Gasteiger partial charge on any atom is 0.269 e. The van der Waals surface area contributed by atoms with Crippen LogP contribution >= 0.6 is 0 Å². The average molecular weight is 287 g/mol. The van der Waals surface area contributed by atoms with E-state index in [1.807, 2.05) is 18.2 Å². The molecule has 0 bridgehead atoms. The molecule has 0 saturated carbocycles. The van der Waals surface area contributed by atoms with Crippen molar-refractivity contribution >= 4 is 5.69 Å². The predicted molar refractivity (Wildman–Crippen MR) is 74.8 cm³/mol. The molecule has 6 heteroatoms. The average Bonchev–Trinajstić information content (AvgIpc) is 3.31. The quantitative estimate of drug-likeness (QED) is 0.463. The Kier molecular flexibility index (Phi) is 3.70. The van der Waals surface area contributed by atoms with Gasteiger partial charge < -0.3 is 14.2 Å². The van der Waals surface area contributed by atoms with E-state index in [-0.39, 0.29) is 11.8 Å². The van der Waals surface area contributed by atoms with Gasteiger partial charge >= 0.3 is 0 Å². The molecule has 1 fully saturated rings. The molecule has 108 valence electrons. The summed E-state index contributed by atoms with van der Waals surface area (Å²) in [6, 6.07) is 13.2. The summed E-state index contributed by atoms with van der Waals surface area (Å²) in [6.07, 6.45) is 0.164. The normalized spacial score (nSPS) is 16.3. The number of nitro groups is 1. The molecule has 3 rings (SSSR count). The minimum Gasteiger partial charge on any atom is -0.487 e. The number of rotatable bonds is 6. The van der Waals surface area contributed by atoms with E-state index in [2.05, 4.69) is 0 Å². The van der Waals surface area contributed by atoms with Crippen molar-refractivity contribution in [2.45, 2.75) is 6.10 Å². The van der Waals surface area contributed by atoms with Gasteiger partial charge in [0, 0.05) is 12.1 Å². The molecule has 2 aromatic carbocycles. The first-order chi connectivity index (χ1) is 10.2. The molecule has 0 spiro atoms. The van der Waals surface area contributed by atoms with Crippen LogP contribution in [0.3, 0.4) is 0 Å². The number of ether oxygens (including phenoxy) is 3. The van der Waals surface area contributed by atoms with Crippen LogP contribution in [0.1, 0.15) is 0 Å². The van der Waals surface area contributed by atoms with E-state index in [1.165, 1.54) is 12.1 Å². The SMILES string of the molecule is O=[N+]([O-])c1ccc(Oc2ccccc2OCC2CO2)cc1. The van der Waals surface area contributed by atoms with Crippen molar-refractivity contribution < 1.29 is 19.1 Å². The van der Waals surface area contributed by atoms with E-state index in [9.17, 15) is 10.1 Å². The number of para-hydroxylation sites is 2. The van der Waals surface area contributed by atoms with E-state index >= 15 is 0 Å². The third-order valence-electron chi connectivity index (χ3n) is 2.95. The molecule has 1 aliphatic heterocycles. The van der Waals surface area contributed by atoms with Crippen molar-refractivity contribution in [1.29, 1.82) is 0 Å². The summed E-state index contributed by atoms with van der Waals surface area (Å²) < 4.78 is 16.4. The lowest BCUT2D eigenvalue weighted by Crippen LogP contribution is -2.04. The van der Waals surface area contributed by atoms with Crippen molar-refractivity contribution in [1.82, 2.24) is 0 Å². The number of benzene rings is 2. The van der Waals surface area contributed by atoms with Crippen molar-refractivity contribution in [2.75, 3.05) is 13.2 Å². The van der Waals surface area contributed by atoms with Crippen LogP contribution in [0.5, 0.6) is 17.2 Å². The van der Waals surface area contributed by atoms with Crippen LogP contribution < -0.4 is 9.47 Å². The molecule has 2 aromatic rings. The summed E-state index contributed by atoms with van der Waals surface area (Å²) in [7, 11) is 0. The molecule has 0 amide bonds. The van der Waals surface area contributed by atoms with E-state index < -0.39 is 4.92 Å². The van der Waals surface area contributed by atoms with Crippen LogP contribution in [0, 0.1) is 10.1 Å². The number of nitro benzene ring substituents is 1. The first-order valence-electron chi connectivity index (χ1n) is 6.48. The molecule has 21 heavy (non-hydrogen) atoms. The summed E-state index contributed by atoms with van der Waals surface area (Å²) in [5.41, 5.74) is 0.0257. The van der Waals surface area contributed by atoms with E-state index in [1.54, 1.807) is 18.2 Å². The zero-order chi connectivity index (χ0) is 14.7. The zero-order valence-corrected chi connectivity index (χ0v) is 11.1. The molecular weight excluding hydrogens is 274 g/mol. The summed E-state index contributed by atoms with van der Waals surface area (Å²) in [4.78, 5) is 10.2. The third kappa shape index (κ3) is 3.49. The van der Waals surface area contributed by atoms with Gasteiger partial charge in [0.05, 0.1) is 11.5 Å². The molecule has 0 radical (unpaired) electrons. The molecule has 1 aliphatic rings. The van der Waals surface area contributed by atoms with Crippen molar-refractivity contribution in [2.24, 2.45) is 0 Å². The molecule has 1 saturated heterocycles. The van der Waals surface area contributed by atoms with Crippen LogP contribution in [0.25, 0.3) is 0 Å². The fourth-order valence-corrected chi connectivity index (χ4v) is 1.76. The second kappa shape index (κ2) is 5.80. The van der Waals surface area contributed by atoms with Crippen LogP contribution in [-0.2, 0) is 4.74 Å². The summed E-state index contributed by atoms with van der Waals surface area (Å²) in [5, 5.41) is 10.6. The topological polar surface area (TPSA) is 74.1 Å². The Balaban J connectivity index is 1.72. The largest absolute Gasteiger partial charge is 0.487 e. The van der Waals surface area contributed by atoms with Gasteiger partial charge in [0.15, 0.2) is 11.5 Å². The van der Waals surface area contributed by atoms with E-state index in [0.717, 1.165) is 6.61 Å². The van der Waals surface area contributed by atoms with Gasteiger partial charge in [0.1, 0.15) is 18.5 Å². The number of epoxide rings is 1. The van der Waals surface area contributed by atoms with E-state index in [4.69, 9.17) is 14.2 Å². The van der Waals surface area contributed by atoms with Crippen LogP contribution in [0.2, 0.25) is 0 Å². The standard InChI is InChI=1S/C15H13NO5/c17-16(18)11-5-7-12(8-6-11)21-15-4-2-1-3-14(15)20-10-13-9-19-13/h1-8,13H,9-10H2. The Morgan fingerprint density at radius 1 is 1.14 bits per heavy atom. The number of hydrogen-bond donors (Lipinski definition) is 0. The van der Waals surface area contributed by atoms with Gasteiger partial charge in [-0.15, -0.1) is 0 Å². The Morgan fingerprint density at radius 2 is 1.81 bits per heavy atom. The van der Waals surface area contributed by atoms with Crippen LogP contribution in [0.15, 0.2) is 48.5 Å². The van der Waals surface area contributed by atoms with Gasteiger partial charge in [-0.2, -0.15) is 0 Å². The fourth-order valence-electron chi connectivity index (χ4n) is 1.76. The lowest BCUT2D eigenvalue weighted by atomic mass is 10.3. The molecule has 0 aliphatic carbocycles. The van der Waals surface area contributed by atoms with Gasteiger partial charge in [-0.25, -0.2) is 0 Å². The minimum atomic E-state index is -0.448. The van der Waals surface area contributed by atoms with Crippen LogP contribution in [0.4, 0.5) is 5.69 Å². The van der Waals surface area contributed by atoms with Crippen molar-refractivity contribution in [3.8, 4) is 17.2 Å². The minimum absolute atomic E-state index is 0.0257. The Labute approximate surface area is 121 Å². The van der Waals surface area contributed by atoms with Crippen molar-refractivity contribution in [3.63, 3.8) is 0 Å². The highest BCUT2D eigenvalue weighted by Gasteiger charge is 2.23. The molecule has 1 heterocycles. The van der Waals surface area contributed by atoms with Crippen molar-refractivity contribution in [3.05, 3.63) is 58.6 Å². The lowest BCUT2D eigenvalue weighted by Gasteiger charge is -2.11. The molecule has 0 N–H and O–H groups in total. The smallest absolute Gasteiger partial charge is 0.269 e. The molecule has 1 atom stereocenters. The van der Waals surface area contributed by atoms with Gasteiger partial charge in [-0.05, 0) is 24.3 Å². The Morgan fingerprint density at radius 3 is 2.43 bits per heavy atom. The molecule has 1 unspecified atom stereocenters. The Bertz CT molecular complexity index is 637. The summed E-state index contributed by atoms with van der Waals surface area (Å²) >= 11 is 0. The third-order valence-corrected chi connectivity index (χ3v) is 2.95. The number of hydrogen-bond acceptors (Lipinski definition) is 5. The first-order valence-corrected chi connectivity index (χ1v) is 6.48. The zero-order valence-electron chi connectivity index (χ0n) is 11.1. The number of nitrogens with zero attached hydrogens (tertiary/aromatic N) is 1. The van der Waals surface area contributed by atoms with Gasteiger partial charge in [0.2, 0.25) is 0 Å². The highest BCUT2D eigenvalue weighted by Crippen LogP contribution is 2.32. The fraction of sp³-hybridized carbons (Fsp3) is 0.200. The maximum atomic E-state index is 10.6. The van der Waals surface area contributed by atoms with Gasteiger partial charge in [-0.3, -0.25) is 10.1 Å². The summed E-state index contributed by atoms with van der Waals surface area (Å²) in [5.74, 6) is 1.69. The summed E-state index contributed by atoms with van der Waals surface area (Å²) in [6.45, 7) is 1.21. The predicted octanol–water partition coefficient (Wildman–Crippen LogP) is 3.16. The lowest BCUT2D eigenvalue weighted by molar-refractivity contribution is -0.384.